The first-order chi connectivity index (χ1) is 2.89. The summed E-state index contributed by atoms with van der Waals surface area (Å²) in [5, 5.41) is 10.7. The minimum absolute atomic E-state index is 0. The maximum Gasteiger partial charge on any atom is 0.171 e. The molecule has 1 heterocycles. The van der Waals surface area contributed by atoms with Crippen molar-refractivity contribution >= 4 is 24.8 Å². The van der Waals surface area contributed by atoms with Crippen LogP contribution in [0.25, 0.3) is 0 Å². The fourth-order valence-corrected chi connectivity index (χ4v) is 0.724. The molecule has 0 radical (unpaired) electrons. The molecular weight excluding hydrogens is 128 g/mol. The number of thiophene rings is 1. The van der Waals surface area contributed by atoms with Gasteiger partial charge in [0, 0.05) is 0 Å². The van der Waals surface area contributed by atoms with Crippen LogP contribution in [0.5, 0.6) is 5.06 Å². The van der Waals surface area contributed by atoms with Crippen LogP contribution < -0.4 is 0 Å². The van der Waals surface area contributed by atoms with Crippen LogP contribution in [-0.4, -0.2) is 5.11 Å². The third-order valence-corrected chi connectivity index (χ3v) is 1.18. The summed E-state index contributed by atoms with van der Waals surface area (Å²) in [4.78, 5) is 0. The Kier molecular flexibility index (Phi) is 2.87. The van der Waals surface area contributed by atoms with Gasteiger partial charge in [-0.15, -0.1) is 11.3 Å². The molecule has 1 rings (SSSR count). The van der Waals surface area contributed by atoms with Crippen LogP contribution in [0.3, 0.4) is 0 Å². The average molecular weight is 134 g/mol. The zero-order chi connectivity index (χ0) is 4.41. The van der Waals surface area contributed by atoms with E-state index in [4.69, 9.17) is 5.11 Å². The molecular formula is C4H6OS2. The normalized spacial score (nSPS) is 7.43. The second-order valence-corrected chi connectivity index (χ2v) is 1.88. The van der Waals surface area contributed by atoms with E-state index in [2.05, 4.69) is 0 Å². The third kappa shape index (κ3) is 1.85. The first-order valence-electron chi connectivity index (χ1n) is 1.62. The fourth-order valence-electron chi connectivity index (χ4n) is 0.270. The Labute approximate surface area is 53.1 Å². The van der Waals surface area contributed by atoms with Crippen molar-refractivity contribution in [1.29, 1.82) is 0 Å². The molecule has 40 valence electrons. The van der Waals surface area contributed by atoms with E-state index in [1.165, 1.54) is 11.3 Å². The molecule has 7 heavy (non-hydrogen) atoms. The highest BCUT2D eigenvalue weighted by molar-refractivity contribution is 7.59. The lowest BCUT2D eigenvalue weighted by molar-refractivity contribution is 0.491. The molecule has 1 aromatic rings. The number of hydrogen-bond donors (Lipinski definition) is 1. The zero-order valence-electron chi connectivity index (χ0n) is 3.59. The first-order valence-corrected chi connectivity index (χ1v) is 2.50. The van der Waals surface area contributed by atoms with E-state index in [0.29, 0.717) is 5.06 Å². The maximum atomic E-state index is 8.49. The molecule has 0 aromatic carbocycles. The van der Waals surface area contributed by atoms with Gasteiger partial charge in [0.05, 0.1) is 0 Å². The maximum absolute atomic E-state index is 8.49. The van der Waals surface area contributed by atoms with Gasteiger partial charge < -0.3 is 5.11 Å². The summed E-state index contributed by atoms with van der Waals surface area (Å²) in [7, 11) is 0. The molecule has 1 N–H and O–H groups in total. The SMILES string of the molecule is Oc1cccs1.S. The van der Waals surface area contributed by atoms with Gasteiger partial charge in [-0.25, -0.2) is 0 Å². The summed E-state index contributed by atoms with van der Waals surface area (Å²) in [6, 6.07) is 3.46. The molecule has 0 saturated heterocycles. The van der Waals surface area contributed by atoms with Gasteiger partial charge in [0.15, 0.2) is 5.06 Å². The lowest BCUT2D eigenvalue weighted by atomic mass is 10.7. The molecule has 0 bridgehead atoms. The van der Waals surface area contributed by atoms with E-state index in [0.717, 1.165) is 0 Å². The van der Waals surface area contributed by atoms with Crippen LogP contribution in [0, 0.1) is 0 Å². The van der Waals surface area contributed by atoms with E-state index in [1.54, 1.807) is 12.1 Å². The quantitative estimate of drug-likeness (QED) is 0.571. The highest BCUT2D eigenvalue weighted by Crippen LogP contribution is 2.14. The van der Waals surface area contributed by atoms with E-state index in [-0.39, 0.29) is 13.5 Å². The first kappa shape index (κ1) is 6.85. The summed E-state index contributed by atoms with van der Waals surface area (Å²) >= 11 is 1.33. The molecule has 3 heteroatoms. The summed E-state index contributed by atoms with van der Waals surface area (Å²) in [5.41, 5.74) is 0. The summed E-state index contributed by atoms with van der Waals surface area (Å²) < 4.78 is 0. The molecule has 1 aromatic heterocycles. The summed E-state index contributed by atoms with van der Waals surface area (Å²) in [6.07, 6.45) is 0. The van der Waals surface area contributed by atoms with Crippen LogP contribution in [0.1, 0.15) is 0 Å². The minimum Gasteiger partial charge on any atom is -0.499 e. The second kappa shape index (κ2) is 2.93. The van der Waals surface area contributed by atoms with Crippen LogP contribution in [0.15, 0.2) is 17.5 Å². The molecule has 0 unspecified atom stereocenters. The number of hydrogen-bond acceptors (Lipinski definition) is 2. The third-order valence-electron chi connectivity index (χ3n) is 0.506. The predicted octanol–water partition coefficient (Wildman–Crippen LogP) is 1.57. The van der Waals surface area contributed by atoms with Crippen molar-refractivity contribution in [3.05, 3.63) is 17.5 Å². The second-order valence-electron chi connectivity index (χ2n) is 0.951. The Balaban J connectivity index is 0.000000360. The molecule has 0 amide bonds. The fraction of sp³-hybridized carbons (Fsp3) is 0. The summed E-state index contributed by atoms with van der Waals surface area (Å²) in [5.74, 6) is 0. The highest BCUT2D eigenvalue weighted by Gasteiger charge is 1.77. The Morgan fingerprint density at radius 3 is 2.43 bits per heavy atom. The van der Waals surface area contributed by atoms with E-state index >= 15 is 0 Å². The Bertz CT molecular complexity index is 113. The average Bonchev–Trinajstić information content (AvgIpc) is 1.86. The van der Waals surface area contributed by atoms with Crippen molar-refractivity contribution in [2.24, 2.45) is 0 Å². The smallest absolute Gasteiger partial charge is 0.171 e. The largest absolute Gasteiger partial charge is 0.499 e. The monoisotopic (exact) mass is 134 g/mol. The van der Waals surface area contributed by atoms with Crippen LogP contribution in [0.2, 0.25) is 0 Å². The van der Waals surface area contributed by atoms with Gasteiger partial charge in [-0.2, -0.15) is 13.5 Å². The highest BCUT2D eigenvalue weighted by atomic mass is 32.1. The van der Waals surface area contributed by atoms with Gasteiger partial charge in [-0.1, -0.05) is 0 Å². The van der Waals surface area contributed by atoms with Gasteiger partial charge in [0.2, 0.25) is 0 Å². The van der Waals surface area contributed by atoms with Crippen molar-refractivity contribution in [3.63, 3.8) is 0 Å². The Morgan fingerprint density at radius 2 is 2.29 bits per heavy atom. The van der Waals surface area contributed by atoms with E-state index in [1.807, 2.05) is 5.38 Å². The molecule has 0 aliphatic heterocycles. The van der Waals surface area contributed by atoms with E-state index < -0.39 is 0 Å². The molecule has 0 aliphatic rings. The van der Waals surface area contributed by atoms with Crippen LogP contribution in [0.4, 0.5) is 0 Å². The standard InChI is InChI=1S/C4H4OS.H2S/c5-4-2-1-3-6-4;/h1-3,5H;1H2. The number of aromatic hydroxyl groups is 1. The van der Waals surface area contributed by atoms with Crippen molar-refractivity contribution < 1.29 is 5.11 Å². The Morgan fingerprint density at radius 1 is 1.57 bits per heavy atom. The van der Waals surface area contributed by atoms with Gasteiger partial charge in [-0.05, 0) is 17.5 Å². The molecule has 1 nitrogen and oxygen atoms in total. The van der Waals surface area contributed by atoms with Crippen LogP contribution in [-0.2, 0) is 0 Å². The lowest BCUT2D eigenvalue weighted by Gasteiger charge is -1.67. The van der Waals surface area contributed by atoms with Crippen molar-refractivity contribution in [2.45, 2.75) is 0 Å². The zero-order valence-corrected chi connectivity index (χ0v) is 5.40. The van der Waals surface area contributed by atoms with Crippen molar-refractivity contribution in [3.8, 4) is 5.06 Å². The molecule has 0 fully saturated rings. The van der Waals surface area contributed by atoms with Crippen molar-refractivity contribution in [2.75, 3.05) is 0 Å². The van der Waals surface area contributed by atoms with E-state index in [9.17, 15) is 0 Å². The van der Waals surface area contributed by atoms with Crippen LogP contribution >= 0.6 is 24.8 Å². The minimum atomic E-state index is 0. The molecule has 0 saturated carbocycles. The molecule has 0 atom stereocenters. The van der Waals surface area contributed by atoms with Gasteiger partial charge in [0.1, 0.15) is 0 Å². The summed E-state index contributed by atoms with van der Waals surface area (Å²) in [6.45, 7) is 0. The van der Waals surface area contributed by atoms with Gasteiger partial charge >= 0.3 is 0 Å². The van der Waals surface area contributed by atoms with Crippen molar-refractivity contribution in [1.82, 2.24) is 0 Å². The lowest BCUT2D eigenvalue weighted by Crippen LogP contribution is -1.35. The number of rotatable bonds is 0. The Hall–Kier alpha value is -0.150. The van der Waals surface area contributed by atoms with Gasteiger partial charge in [-0.3, -0.25) is 0 Å². The molecule has 0 spiro atoms. The molecule has 0 aliphatic carbocycles. The van der Waals surface area contributed by atoms with Gasteiger partial charge in [0.25, 0.3) is 0 Å². The topological polar surface area (TPSA) is 20.2 Å². The predicted molar refractivity (Wildman–Crippen MR) is 36.4 cm³/mol.